The second-order valence-electron chi connectivity index (χ2n) is 4.85. The largest absolute Gasteiger partial charge is 0.292 e. The number of hydrogen-bond acceptors (Lipinski definition) is 4. The Hall–Kier alpha value is -2.63. The lowest BCUT2D eigenvalue weighted by Crippen LogP contribution is -2.22. The Balaban J connectivity index is 1.81. The number of halogens is 2. The highest BCUT2D eigenvalue weighted by molar-refractivity contribution is 6.33. The van der Waals surface area contributed by atoms with E-state index < -0.39 is 5.56 Å². The van der Waals surface area contributed by atoms with Gasteiger partial charge in [-0.15, -0.1) is 0 Å². The molecule has 7 heteroatoms. The van der Waals surface area contributed by atoms with Gasteiger partial charge in [0.1, 0.15) is 10.7 Å². The number of aromatic nitrogens is 2. The van der Waals surface area contributed by atoms with Crippen LogP contribution in [0.2, 0.25) is 10.0 Å². The molecule has 5 nitrogen and oxygen atoms in total. The topological polar surface area (TPSA) is 59.3 Å². The van der Waals surface area contributed by atoms with Crippen LogP contribution in [-0.4, -0.2) is 16.0 Å². The van der Waals surface area contributed by atoms with Crippen molar-refractivity contribution in [3.63, 3.8) is 0 Å². The molecule has 0 radical (unpaired) electrons. The smallest absolute Gasteiger partial charge is 0.275 e. The van der Waals surface area contributed by atoms with Crippen LogP contribution >= 0.6 is 23.2 Å². The summed E-state index contributed by atoms with van der Waals surface area (Å²) in [6.07, 6.45) is 3.05. The summed E-state index contributed by atoms with van der Waals surface area (Å²) in [5, 5.41) is 8.83. The normalized spacial score (nSPS) is 10.9. The summed E-state index contributed by atoms with van der Waals surface area (Å²) in [5.74, 6) is 0. The average molecular weight is 359 g/mol. The van der Waals surface area contributed by atoms with Crippen molar-refractivity contribution < 1.29 is 0 Å². The monoisotopic (exact) mass is 358 g/mol. The fourth-order valence-electron chi connectivity index (χ4n) is 1.99. The van der Waals surface area contributed by atoms with Crippen molar-refractivity contribution in [3.05, 3.63) is 86.8 Å². The standard InChI is InChI=1S/C17H12Cl2N4O/c18-13-8-6-12(7-9-13)10-20-22-15-11-21-23(17(24)16(15)19)14-4-2-1-3-5-14/h1-11,22H/b20-10-. The molecule has 24 heavy (non-hydrogen) atoms. The molecule has 120 valence electrons. The molecule has 0 bridgehead atoms. The lowest BCUT2D eigenvalue weighted by Gasteiger charge is -2.07. The Morgan fingerprint density at radius 2 is 1.75 bits per heavy atom. The van der Waals surface area contributed by atoms with E-state index in [4.69, 9.17) is 23.2 Å². The number of para-hydroxylation sites is 1. The number of benzene rings is 2. The molecule has 3 rings (SSSR count). The minimum atomic E-state index is -0.422. The quantitative estimate of drug-likeness (QED) is 0.566. The van der Waals surface area contributed by atoms with Crippen LogP contribution in [0.4, 0.5) is 5.69 Å². The highest BCUT2D eigenvalue weighted by Gasteiger charge is 2.09. The van der Waals surface area contributed by atoms with Gasteiger partial charge in [0.2, 0.25) is 0 Å². The summed E-state index contributed by atoms with van der Waals surface area (Å²) < 4.78 is 1.23. The van der Waals surface area contributed by atoms with Crippen LogP contribution in [0.25, 0.3) is 5.69 Å². The molecule has 0 aliphatic rings. The molecule has 0 unspecified atom stereocenters. The Morgan fingerprint density at radius 3 is 2.46 bits per heavy atom. The van der Waals surface area contributed by atoms with Crippen LogP contribution in [0.3, 0.4) is 0 Å². The molecular formula is C17H12Cl2N4O. The highest BCUT2D eigenvalue weighted by Crippen LogP contribution is 2.16. The Labute approximate surface area is 148 Å². The van der Waals surface area contributed by atoms with Crippen molar-refractivity contribution in [1.29, 1.82) is 0 Å². The van der Waals surface area contributed by atoms with E-state index >= 15 is 0 Å². The van der Waals surface area contributed by atoms with Crippen molar-refractivity contribution >= 4 is 35.1 Å². The predicted octanol–water partition coefficient (Wildman–Crippen LogP) is 3.99. The molecule has 1 aromatic heterocycles. The first-order chi connectivity index (χ1) is 11.6. The third-order valence-electron chi connectivity index (χ3n) is 3.19. The van der Waals surface area contributed by atoms with Crippen LogP contribution < -0.4 is 11.0 Å². The zero-order valence-electron chi connectivity index (χ0n) is 12.4. The fourth-order valence-corrected chi connectivity index (χ4v) is 2.29. The van der Waals surface area contributed by atoms with Gasteiger partial charge in [-0.2, -0.15) is 14.9 Å². The molecule has 1 N–H and O–H groups in total. The molecule has 0 saturated carbocycles. The zero-order valence-corrected chi connectivity index (χ0v) is 13.9. The SMILES string of the molecule is O=c1c(Cl)c(N/N=C\c2ccc(Cl)cc2)cnn1-c1ccccc1. The van der Waals surface area contributed by atoms with Gasteiger partial charge in [0.05, 0.1) is 18.1 Å². The molecule has 0 atom stereocenters. The molecule has 0 saturated heterocycles. The number of hydrogen-bond donors (Lipinski definition) is 1. The van der Waals surface area contributed by atoms with Gasteiger partial charge in [0.15, 0.2) is 0 Å². The van der Waals surface area contributed by atoms with Gasteiger partial charge in [-0.3, -0.25) is 10.2 Å². The van der Waals surface area contributed by atoms with E-state index in [0.717, 1.165) is 5.56 Å². The minimum absolute atomic E-state index is 0.0158. The van der Waals surface area contributed by atoms with E-state index in [1.54, 1.807) is 30.5 Å². The third kappa shape index (κ3) is 3.64. The maximum Gasteiger partial charge on any atom is 0.292 e. The van der Waals surface area contributed by atoms with Crippen LogP contribution in [0, 0.1) is 0 Å². The summed E-state index contributed by atoms with van der Waals surface area (Å²) in [6, 6.07) is 16.2. The Bertz CT molecular complexity index is 922. The van der Waals surface area contributed by atoms with Gasteiger partial charge in [-0.05, 0) is 29.8 Å². The second-order valence-corrected chi connectivity index (χ2v) is 5.66. The first kappa shape index (κ1) is 16.2. The van der Waals surface area contributed by atoms with Crippen LogP contribution in [0.15, 0.2) is 70.7 Å². The van der Waals surface area contributed by atoms with Crippen LogP contribution in [-0.2, 0) is 0 Å². The number of rotatable bonds is 4. The van der Waals surface area contributed by atoms with Crippen molar-refractivity contribution in [3.8, 4) is 5.69 Å². The zero-order chi connectivity index (χ0) is 16.9. The lowest BCUT2D eigenvalue weighted by molar-refractivity contribution is 0.808. The maximum absolute atomic E-state index is 12.3. The van der Waals surface area contributed by atoms with E-state index in [1.807, 2.05) is 30.3 Å². The second kappa shape index (κ2) is 7.29. The summed E-state index contributed by atoms with van der Waals surface area (Å²) in [4.78, 5) is 12.3. The molecule has 3 aromatic rings. The Morgan fingerprint density at radius 1 is 1.04 bits per heavy atom. The van der Waals surface area contributed by atoms with E-state index in [2.05, 4.69) is 15.6 Å². The van der Waals surface area contributed by atoms with Crippen molar-refractivity contribution in [2.75, 3.05) is 5.43 Å². The molecule has 1 heterocycles. The van der Waals surface area contributed by atoms with E-state index in [-0.39, 0.29) is 5.02 Å². The third-order valence-corrected chi connectivity index (χ3v) is 3.81. The lowest BCUT2D eigenvalue weighted by atomic mass is 10.2. The van der Waals surface area contributed by atoms with Crippen molar-refractivity contribution in [2.24, 2.45) is 5.10 Å². The highest BCUT2D eigenvalue weighted by atomic mass is 35.5. The summed E-state index contributed by atoms with van der Waals surface area (Å²) in [7, 11) is 0. The molecule has 0 aliphatic heterocycles. The fraction of sp³-hybridized carbons (Fsp3) is 0. The van der Waals surface area contributed by atoms with Crippen LogP contribution in [0.5, 0.6) is 0 Å². The summed E-state index contributed by atoms with van der Waals surface area (Å²) >= 11 is 11.9. The number of nitrogens with one attached hydrogen (secondary N) is 1. The van der Waals surface area contributed by atoms with Gasteiger partial charge >= 0.3 is 0 Å². The van der Waals surface area contributed by atoms with Gasteiger partial charge in [-0.1, -0.05) is 53.5 Å². The van der Waals surface area contributed by atoms with Gasteiger partial charge in [-0.25, -0.2) is 0 Å². The molecule has 2 aromatic carbocycles. The molecular weight excluding hydrogens is 347 g/mol. The van der Waals surface area contributed by atoms with Gasteiger partial charge < -0.3 is 0 Å². The van der Waals surface area contributed by atoms with Gasteiger partial charge in [0.25, 0.3) is 5.56 Å². The molecule has 0 amide bonds. The molecule has 0 aliphatic carbocycles. The minimum Gasteiger partial charge on any atom is -0.275 e. The first-order valence-corrected chi connectivity index (χ1v) is 7.78. The Kier molecular flexibility index (Phi) is 4.93. The van der Waals surface area contributed by atoms with Crippen LogP contribution in [0.1, 0.15) is 5.56 Å². The van der Waals surface area contributed by atoms with E-state index in [0.29, 0.717) is 16.4 Å². The molecule has 0 fully saturated rings. The number of nitrogens with zero attached hydrogens (tertiary/aromatic N) is 3. The van der Waals surface area contributed by atoms with E-state index in [9.17, 15) is 4.79 Å². The summed E-state index contributed by atoms with van der Waals surface area (Å²) in [6.45, 7) is 0. The first-order valence-electron chi connectivity index (χ1n) is 7.03. The maximum atomic E-state index is 12.3. The molecule has 0 spiro atoms. The number of hydrazone groups is 1. The van der Waals surface area contributed by atoms with E-state index in [1.165, 1.54) is 10.9 Å². The average Bonchev–Trinajstić information content (AvgIpc) is 2.61. The van der Waals surface area contributed by atoms with Gasteiger partial charge in [0, 0.05) is 5.02 Å². The number of anilines is 1. The summed E-state index contributed by atoms with van der Waals surface area (Å²) in [5.41, 5.74) is 4.13. The predicted molar refractivity (Wildman–Crippen MR) is 97.5 cm³/mol. The van der Waals surface area contributed by atoms with Crippen molar-refractivity contribution in [2.45, 2.75) is 0 Å². The van der Waals surface area contributed by atoms with Crippen molar-refractivity contribution in [1.82, 2.24) is 9.78 Å².